The van der Waals surface area contributed by atoms with Crippen molar-refractivity contribution in [2.75, 3.05) is 32.1 Å². The molecule has 0 bridgehead atoms. The maximum atomic E-state index is 12.3. The average molecular weight is 289 g/mol. The van der Waals surface area contributed by atoms with Crippen molar-refractivity contribution in [2.24, 2.45) is 0 Å². The van der Waals surface area contributed by atoms with Gasteiger partial charge in [-0.3, -0.25) is 9.69 Å². The summed E-state index contributed by atoms with van der Waals surface area (Å²) in [5.41, 5.74) is 1.84. The monoisotopic (exact) mass is 289 g/mol. The van der Waals surface area contributed by atoms with Gasteiger partial charge in [-0.2, -0.15) is 0 Å². The molecule has 0 aromatic heterocycles. The molecule has 1 N–H and O–H groups in total. The van der Waals surface area contributed by atoms with Gasteiger partial charge in [0.1, 0.15) is 0 Å². The molecule has 1 aliphatic heterocycles. The molecule has 4 heteroatoms. The van der Waals surface area contributed by atoms with E-state index in [1.807, 2.05) is 43.3 Å². The van der Waals surface area contributed by atoms with Gasteiger partial charge in [0.25, 0.3) is 5.91 Å². The van der Waals surface area contributed by atoms with Crippen molar-refractivity contribution in [2.45, 2.75) is 38.8 Å². The van der Waals surface area contributed by atoms with Crippen molar-refractivity contribution in [3.8, 4) is 0 Å². The Kier molecular flexibility index (Phi) is 5.23. The van der Waals surface area contributed by atoms with E-state index in [-0.39, 0.29) is 11.9 Å². The molecule has 0 spiro atoms. The van der Waals surface area contributed by atoms with E-state index in [9.17, 15) is 4.79 Å². The van der Waals surface area contributed by atoms with Crippen LogP contribution in [-0.2, 0) is 0 Å². The number of piperidine rings is 1. The Morgan fingerprint density at radius 1 is 1.29 bits per heavy atom. The minimum absolute atomic E-state index is 0.0379. The minimum atomic E-state index is 0.0379. The highest BCUT2D eigenvalue weighted by Crippen LogP contribution is 2.15. The summed E-state index contributed by atoms with van der Waals surface area (Å²) in [7, 11) is 4.00. The van der Waals surface area contributed by atoms with Gasteiger partial charge in [-0.25, -0.2) is 0 Å². The molecule has 1 aromatic rings. The van der Waals surface area contributed by atoms with Gasteiger partial charge in [-0.05, 0) is 57.5 Å². The summed E-state index contributed by atoms with van der Waals surface area (Å²) < 4.78 is 0. The van der Waals surface area contributed by atoms with Crippen molar-refractivity contribution < 1.29 is 4.79 Å². The number of likely N-dealkylation sites (tertiary alicyclic amines) is 1. The Morgan fingerprint density at radius 2 is 1.95 bits per heavy atom. The van der Waals surface area contributed by atoms with E-state index in [0.29, 0.717) is 6.04 Å². The highest BCUT2D eigenvalue weighted by Gasteiger charge is 2.23. The normalized spacial score (nSPS) is 19.6. The van der Waals surface area contributed by atoms with Crippen LogP contribution in [0.1, 0.15) is 37.0 Å². The Labute approximate surface area is 128 Å². The van der Waals surface area contributed by atoms with E-state index in [4.69, 9.17) is 0 Å². The van der Waals surface area contributed by atoms with Crippen LogP contribution in [0.3, 0.4) is 0 Å². The molecular weight excluding hydrogens is 262 g/mol. The molecule has 21 heavy (non-hydrogen) atoms. The van der Waals surface area contributed by atoms with Crippen molar-refractivity contribution in [3.05, 3.63) is 29.8 Å². The number of rotatable bonds is 4. The second-order valence-corrected chi connectivity index (χ2v) is 6.34. The highest BCUT2D eigenvalue weighted by atomic mass is 16.1. The lowest BCUT2D eigenvalue weighted by Crippen LogP contribution is -2.49. The summed E-state index contributed by atoms with van der Waals surface area (Å²) in [6.07, 6.45) is 2.23. The fourth-order valence-corrected chi connectivity index (χ4v) is 2.77. The van der Waals surface area contributed by atoms with Crippen LogP contribution in [0.4, 0.5) is 5.69 Å². The third kappa shape index (κ3) is 4.21. The lowest BCUT2D eigenvalue weighted by molar-refractivity contribution is 0.0886. The van der Waals surface area contributed by atoms with Crippen LogP contribution in [0, 0.1) is 0 Å². The quantitative estimate of drug-likeness (QED) is 0.924. The number of nitrogens with one attached hydrogen (secondary N) is 1. The first-order valence-corrected chi connectivity index (χ1v) is 7.79. The number of hydrogen-bond acceptors (Lipinski definition) is 3. The van der Waals surface area contributed by atoms with Crippen molar-refractivity contribution in [3.63, 3.8) is 0 Å². The summed E-state index contributed by atoms with van der Waals surface area (Å²) >= 11 is 0. The average Bonchev–Trinajstić information content (AvgIpc) is 2.47. The lowest BCUT2D eigenvalue weighted by Gasteiger charge is -2.35. The highest BCUT2D eigenvalue weighted by molar-refractivity contribution is 5.94. The second kappa shape index (κ2) is 6.94. The van der Waals surface area contributed by atoms with Crippen LogP contribution < -0.4 is 10.2 Å². The number of benzene rings is 1. The predicted molar refractivity (Wildman–Crippen MR) is 88.0 cm³/mol. The van der Waals surface area contributed by atoms with Gasteiger partial charge in [0.15, 0.2) is 0 Å². The van der Waals surface area contributed by atoms with Crippen LogP contribution in [0.15, 0.2) is 24.3 Å². The number of carbonyl (C=O) groups excluding carboxylic acids is 1. The summed E-state index contributed by atoms with van der Waals surface area (Å²) in [5, 5.41) is 3.17. The Hall–Kier alpha value is -1.55. The number of nitrogens with zero attached hydrogens (tertiary/aromatic N) is 2. The molecule has 1 aromatic carbocycles. The molecule has 0 aliphatic carbocycles. The van der Waals surface area contributed by atoms with Crippen LogP contribution in [0.2, 0.25) is 0 Å². The predicted octanol–water partition coefficient (Wildman–Crippen LogP) is 2.36. The standard InChI is InChI=1S/C17H27N3O/c1-13(2)20-11-5-6-15(12-20)18-17(21)14-7-9-16(10-8-14)19(3)4/h7-10,13,15H,5-6,11-12H2,1-4H3,(H,18,21)/t15-/m1/s1. The van der Waals surface area contributed by atoms with Crippen LogP contribution in [-0.4, -0.2) is 50.1 Å². The maximum Gasteiger partial charge on any atom is 0.251 e. The molecule has 2 rings (SSSR count). The number of hydrogen-bond donors (Lipinski definition) is 1. The first-order chi connectivity index (χ1) is 9.97. The summed E-state index contributed by atoms with van der Waals surface area (Å²) in [6.45, 7) is 6.52. The molecule has 116 valence electrons. The smallest absolute Gasteiger partial charge is 0.251 e. The van der Waals surface area contributed by atoms with Crippen molar-refractivity contribution >= 4 is 11.6 Å². The zero-order valence-corrected chi connectivity index (χ0v) is 13.6. The Balaban J connectivity index is 1.94. The number of anilines is 1. The third-order valence-electron chi connectivity index (χ3n) is 4.16. The first-order valence-electron chi connectivity index (χ1n) is 7.79. The molecule has 1 heterocycles. The van der Waals surface area contributed by atoms with Gasteiger partial charge in [0.2, 0.25) is 0 Å². The molecule has 1 fully saturated rings. The van der Waals surface area contributed by atoms with Gasteiger partial charge in [-0.1, -0.05) is 0 Å². The lowest BCUT2D eigenvalue weighted by atomic mass is 10.0. The second-order valence-electron chi connectivity index (χ2n) is 6.34. The molecular formula is C17H27N3O. The number of carbonyl (C=O) groups is 1. The molecule has 1 saturated heterocycles. The van der Waals surface area contributed by atoms with Gasteiger partial charge in [0.05, 0.1) is 0 Å². The molecule has 0 unspecified atom stereocenters. The van der Waals surface area contributed by atoms with E-state index in [1.54, 1.807) is 0 Å². The van der Waals surface area contributed by atoms with Gasteiger partial charge in [-0.15, -0.1) is 0 Å². The largest absolute Gasteiger partial charge is 0.378 e. The molecule has 4 nitrogen and oxygen atoms in total. The molecule has 0 saturated carbocycles. The van der Waals surface area contributed by atoms with Crippen LogP contribution in [0.5, 0.6) is 0 Å². The fraction of sp³-hybridized carbons (Fsp3) is 0.588. The summed E-state index contributed by atoms with van der Waals surface area (Å²) in [4.78, 5) is 16.8. The third-order valence-corrected chi connectivity index (χ3v) is 4.16. The maximum absolute atomic E-state index is 12.3. The van der Waals surface area contributed by atoms with E-state index in [2.05, 4.69) is 24.1 Å². The van der Waals surface area contributed by atoms with Crippen molar-refractivity contribution in [1.82, 2.24) is 10.2 Å². The molecule has 1 amide bonds. The van der Waals surface area contributed by atoms with Gasteiger partial charge < -0.3 is 10.2 Å². The Bertz CT molecular complexity index is 467. The van der Waals surface area contributed by atoms with Crippen LogP contribution >= 0.6 is 0 Å². The summed E-state index contributed by atoms with van der Waals surface area (Å²) in [6, 6.07) is 8.57. The van der Waals surface area contributed by atoms with Crippen molar-refractivity contribution in [1.29, 1.82) is 0 Å². The van der Waals surface area contributed by atoms with Gasteiger partial charge >= 0.3 is 0 Å². The summed E-state index contributed by atoms with van der Waals surface area (Å²) in [5.74, 6) is 0.0379. The van der Waals surface area contributed by atoms with Gasteiger partial charge in [0, 0.05) is 44.0 Å². The molecule has 1 aliphatic rings. The number of amides is 1. The fourth-order valence-electron chi connectivity index (χ4n) is 2.77. The topological polar surface area (TPSA) is 35.6 Å². The minimum Gasteiger partial charge on any atom is -0.378 e. The SMILES string of the molecule is CC(C)N1CCC[C@@H](NC(=O)c2ccc(N(C)C)cc2)C1. The Morgan fingerprint density at radius 3 is 2.52 bits per heavy atom. The molecule has 0 radical (unpaired) electrons. The first kappa shape index (κ1) is 15.8. The zero-order chi connectivity index (χ0) is 15.4. The van der Waals surface area contributed by atoms with E-state index in [0.717, 1.165) is 37.2 Å². The molecule has 1 atom stereocenters. The van der Waals surface area contributed by atoms with E-state index in [1.165, 1.54) is 0 Å². The van der Waals surface area contributed by atoms with Crippen LogP contribution in [0.25, 0.3) is 0 Å². The zero-order valence-electron chi connectivity index (χ0n) is 13.6. The van der Waals surface area contributed by atoms with E-state index < -0.39 is 0 Å². The van der Waals surface area contributed by atoms with E-state index >= 15 is 0 Å².